The molecule has 0 bridgehead atoms. The normalized spacial score (nSPS) is 15.9. The van der Waals surface area contributed by atoms with Crippen LogP contribution in [-0.4, -0.2) is 48.4 Å². The van der Waals surface area contributed by atoms with E-state index >= 15 is 0 Å². The highest BCUT2D eigenvalue weighted by molar-refractivity contribution is 5.95. The minimum atomic E-state index is -0.581. The summed E-state index contributed by atoms with van der Waals surface area (Å²) in [7, 11) is 1.44. The first-order valence-corrected chi connectivity index (χ1v) is 8.72. The number of allylic oxidation sites excluding steroid dienone is 1. The molecule has 0 spiro atoms. The van der Waals surface area contributed by atoms with E-state index in [4.69, 9.17) is 4.74 Å². The van der Waals surface area contributed by atoms with E-state index in [0.29, 0.717) is 44.3 Å². The molecule has 0 atom stereocenters. The second-order valence-electron chi connectivity index (χ2n) is 6.40. The van der Waals surface area contributed by atoms with Crippen LogP contribution in [0, 0.1) is 17.6 Å². The number of ether oxygens (including phenoxy) is 1. The number of likely N-dealkylation sites (tertiary alicyclic amines) is 1. The fraction of sp³-hybridized carbons (Fsp3) is 0.421. The molecule has 1 aromatic carbocycles. The van der Waals surface area contributed by atoms with E-state index < -0.39 is 17.7 Å². The van der Waals surface area contributed by atoms with Crippen molar-refractivity contribution < 1.29 is 23.1 Å². The van der Waals surface area contributed by atoms with Crippen molar-refractivity contribution in [2.24, 2.45) is 11.0 Å². The summed E-state index contributed by atoms with van der Waals surface area (Å²) < 4.78 is 31.8. The van der Waals surface area contributed by atoms with Crippen LogP contribution in [0.4, 0.5) is 13.6 Å². The van der Waals surface area contributed by atoms with Crippen molar-refractivity contribution >= 4 is 18.4 Å². The van der Waals surface area contributed by atoms with Gasteiger partial charge >= 0.3 is 6.09 Å². The van der Waals surface area contributed by atoms with Crippen LogP contribution in [-0.2, 0) is 16.0 Å². The molecular formula is C19H23F2N3O3. The maximum atomic E-state index is 13.3. The minimum absolute atomic E-state index is 0.0226. The van der Waals surface area contributed by atoms with Gasteiger partial charge in [0.2, 0.25) is 12.3 Å². The van der Waals surface area contributed by atoms with Crippen molar-refractivity contribution in [2.45, 2.75) is 26.2 Å². The predicted molar refractivity (Wildman–Crippen MR) is 96.9 cm³/mol. The lowest BCUT2D eigenvalue weighted by Gasteiger charge is -2.31. The maximum absolute atomic E-state index is 13.3. The van der Waals surface area contributed by atoms with Crippen LogP contribution in [0.5, 0.6) is 0 Å². The zero-order valence-corrected chi connectivity index (χ0v) is 15.4. The van der Waals surface area contributed by atoms with E-state index in [2.05, 4.69) is 5.10 Å². The average Bonchev–Trinajstić information content (AvgIpc) is 2.61. The molecule has 0 aromatic heterocycles. The molecule has 6 nitrogen and oxygen atoms in total. The first-order chi connectivity index (χ1) is 12.9. The fourth-order valence-corrected chi connectivity index (χ4v) is 2.95. The minimum Gasteiger partial charge on any atom is -0.390 e. The zero-order chi connectivity index (χ0) is 19.8. The molecule has 8 heteroatoms. The van der Waals surface area contributed by atoms with Gasteiger partial charge in [-0.05, 0) is 55.9 Å². The van der Waals surface area contributed by atoms with Gasteiger partial charge < -0.3 is 9.64 Å². The largest absolute Gasteiger partial charge is 0.416 e. The van der Waals surface area contributed by atoms with E-state index in [1.165, 1.54) is 25.3 Å². The SMILES string of the molecule is C/C=C\C(=N/N(C)C=O)OC(=O)N1CCC(Cc2cc(F)cc(F)c2)CC1. The number of halogens is 2. The first-order valence-electron chi connectivity index (χ1n) is 8.72. The number of hydrogen-bond donors (Lipinski definition) is 0. The zero-order valence-electron chi connectivity index (χ0n) is 15.4. The molecule has 0 radical (unpaired) electrons. The Morgan fingerprint density at radius 1 is 1.30 bits per heavy atom. The molecule has 1 aliphatic rings. The van der Waals surface area contributed by atoms with Gasteiger partial charge in [0.05, 0.1) is 0 Å². The third-order valence-corrected chi connectivity index (χ3v) is 4.23. The van der Waals surface area contributed by atoms with Gasteiger partial charge in [-0.3, -0.25) is 4.79 Å². The van der Waals surface area contributed by atoms with Crippen molar-refractivity contribution in [3.8, 4) is 0 Å². The first kappa shape index (κ1) is 20.5. The quantitative estimate of drug-likeness (QED) is 0.341. The Morgan fingerprint density at radius 3 is 2.48 bits per heavy atom. The molecule has 2 amide bonds. The van der Waals surface area contributed by atoms with E-state index in [0.717, 1.165) is 11.1 Å². The number of rotatable bonds is 5. The number of hydrazone groups is 1. The molecule has 1 fully saturated rings. The highest BCUT2D eigenvalue weighted by atomic mass is 19.1. The molecular weight excluding hydrogens is 356 g/mol. The van der Waals surface area contributed by atoms with E-state index in [9.17, 15) is 18.4 Å². The second-order valence-corrected chi connectivity index (χ2v) is 6.40. The topological polar surface area (TPSA) is 62.2 Å². The van der Waals surface area contributed by atoms with Crippen LogP contribution < -0.4 is 0 Å². The Hall–Kier alpha value is -2.77. The molecule has 1 aliphatic heterocycles. The van der Waals surface area contributed by atoms with Gasteiger partial charge in [-0.15, -0.1) is 5.10 Å². The summed E-state index contributed by atoms with van der Waals surface area (Å²) in [5.74, 6) is -0.904. The molecule has 1 saturated heterocycles. The van der Waals surface area contributed by atoms with E-state index in [1.807, 2.05) is 0 Å². The lowest BCUT2D eigenvalue weighted by Crippen LogP contribution is -2.40. The summed E-state index contributed by atoms with van der Waals surface area (Å²) in [6.07, 6.45) is 5.07. The maximum Gasteiger partial charge on any atom is 0.416 e. The van der Waals surface area contributed by atoms with Gasteiger partial charge in [0.1, 0.15) is 11.6 Å². The lowest BCUT2D eigenvalue weighted by atomic mass is 9.90. The molecule has 1 aromatic rings. The number of benzene rings is 1. The molecule has 2 rings (SSSR count). The van der Waals surface area contributed by atoms with Crippen molar-refractivity contribution in [2.75, 3.05) is 20.1 Å². The molecule has 0 saturated carbocycles. The van der Waals surface area contributed by atoms with Gasteiger partial charge in [-0.2, -0.15) is 0 Å². The number of carbonyl (C=O) groups excluding carboxylic acids is 2. The average molecular weight is 379 g/mol. The van der Waals surface area contributed by atoms with Crippen LogP contribution in [0.25, 0.3) is 0 Å². The second kappa shape index (κ2) is 9.80. The smallest absolute Gasteiger partial charge is 0.390 e. The Kier molecular flexibility index (Phi) is 7.45. The Balaban J connectivity index is 1.89. The molecule has 0 N–H and O–H groups in total. The molecule has 0 unspecified atom stereocenters. The highest BCUT2D eigenvalue weighted by Gasteiger charge is 2.25. The van der Waals surface area contributed by atoms with Crippen molar-refractivity contribution in [1.29, 1.82) is 0 Å². The molecule has 1 heterocycles. The third kappa shape index (κ3) is 6.47. The van der Waals surface area contributed by atoms with Crippen molar-refractivity contribution in [3.05, 3.63) is 47.5 Å². The summed E-state index contributed by atoms with van der Waals surface area (Å²) >= 11 is 0. The highest BCUT2D eigenvalue weighted by Crippen LogP contribution is 2.23. The van der Waals surface area contributed by atoms with Crippen molar-refractivity contribution in [3.63, 3.8) is 0 Å². The van der Waals surface area contributed by atoms with Gasteiger partial charge in [0.25, 0.3) is 0 Å². The number of piperidine rings is 1. The number of hydrogen-bond acceptors (Lipinski definition) is 4. The summed E-state index contributed by atoms with van der Waals surface area (Å²) in [5.41, 5.74) is 0.618. The van der Waals surface area contributed by atoms with Crippen molar-refractivity contribution in [1.82, 2.24) is 9.91 Å². The van der Waals surface area contributed by atoms with Crippen LogP contribution in [0.3, 0.4) is 0 Å². The summed E-state index contributed by atoms with van der Waals surface area (Å²) in [4.78, 5) is 24.5. The lowest BCUT2D eigenvalue weighted by molar-refractivity contribution is -0.117. The van der Waals surface area contributed by atoms with Crippen LogP contribution in [0.2, 0.25) is 0 Å². The van der Waals surface area contributed by atoms with Gasteiger partial charge in [-0.1, -0.05) is 6.08 Å². The number of carbonyl (C=O) groups is 2. The van der Waals surface area contributed by atoms with Crippen LogP contribution in [0.1, 0.15) is 25.3 Å². The fourth-order valence-electron chi connectivity index (χ4n) is 2.95. The molecule has 146 valence electrons. The van der Waals surface area contributed by atoms with E-state index in [-0.39, 0.29) is 11.8 Å². The Labute approximate surface area is 157 Å². The predicted octanol–water partition coefficient (Wildman–Crippen LogP) is 3.33. The standard InChI is InChI=1S/C19H23F2N3O3/c1-3-4-18(22-23(2)13-25)27-19(26)24-7-5-14(6-8-24)9-15-10-16(20)12-17(21)11-15/h3-4,10-14H,5-9H2,1-2H3/b4-3-,22-18+. The summed E-state index contributed by atoms with van der Waals surface area (Å²) in [5, 5.41) is 4.87. The Bertz CT molecular complexity index is 709. The van der Waals surface area contributed by atoms with E-state index in [1.54, 1.807) is 17.9 Å². The van der Waals surface area contributed by atoms with Crippen LogP contribution in [0.15, 0.2) is 35.5 Å². The molecule has 27 heavy (non-hydrogen) atoms. The number of nitrogens with zero attached hydrogens (tertiary/aromatic N) is 3. The Morgan fingerprint density at radius 2 is 1.93 bits per heavy atom. The summed E-state index contributed by atoms with van der Waals surface area (Å²) in [6, 6.07) is 3.54. The number of amides is 2. The van der Waals surface area contributed by atoms with Gasteiger partial charge in [0, 0.05) is 26.2 Å². The van der Waals surface area contributed by atoms with Crippen LogP contribution >= 0.6 is 0 Å². The third-order valence-electron chi connectivity index (χ3n) is 4.23. The van der Waals surface area contributed by atoms with Gasteiger partial charge in [-0.25, -0.2) is 18.6 Å². The molecule has 0 aliphatic carbocycles. The monoisotopic (exact) mass is 379 g/mol. The summed E-state index contributed by atoms with van der Waals surface area (Å²) in [6.45, 7) is 2.70. The van der Waals surface area contributed by atoms with Gasteiger partial charge in [0.15, 0.2) is 0 Å².